The quantitative estimate of drug-likeness (QED) is 0.441. The highest BCUT2D eigenvalue weighted by atomic mass is 16.5. The number of aliphatic hydroxyl groups excluding tert-OH is 2. The van der Waals surface area contributed by atoms with Gasteiger partial charge in [-0.05, 0) is 44.2 Å². The van der Waals surface area contributed by atoms with Crippen LogP contribution in [0.4, 0.5) is 5.69 Å². The molecule has 5 atom stereocenters. The van der Waals surface area contributed by atoms with Gasteiger partial charge in [-0.3, -0.25) is 14.4 Å². The smallest absolute Gasteiger partial charge is 0.309 e. The van der Waals surface area contributed by atoms with E-state index < -0.39 is 47.9 Å². The van der Waals surface area contributed by atoms with Crippen molar-refractivity contribution in [2.45, 2.75) is 85.0 Å². The molecule has 1 heterocycles. The Balaban J connectivity index is 2.28. The number of amides is 1. The second kappa shape index (κ2) is 12.3. The third kappa shape index (κ3) is 7.50. The second-order valence-electron chi connectivity index (χ2n) is 10.1. The van der Waals surface area contributed by atoms with E-state index >= 15 is 0 Å². The molecule has 1 unspecified atom stereocenters. The summed E-state index contributed by atoms with van der Waals surface area (Å²) in [4.78, 5) is 38.7. The lowest BCUT2D eigenvalue weighted by molar-refractivity contribution is -0.159. The van der Waals surface area contributed by atoms with E-state index in [9.17, 15) is 24.6 Å². The molecule has 1 aromatic rings. The summed E-state index contributed by atoms with van der Waals surface area (Å²) in [7, 11) is 0. The van der Waals surface area contributed by atoms with Crippen LogP contribution in [0.5, 0.6) is 0 Å². The number of ketones is 1. The summed E-state index contributed by atoms with van der Waals surface area (Å²) in [6.07, 6.45) is 0.746. The van der Waals surface area contributed by atoms with Crippen molar-refractivity contribution in [2.75, 3.05) is 5.32 Å². The Morgan fingerprint density at radius 2 is 1.76 bits per heavy atom. The van der Waals surface area contributed by atoms with Gasteiger partial charge in [-0.2, -0.15) is 0 Å². The van der Waals surface area contributed by atoms with E-state index in [0.29, 0.717) is 5.69 Å². The molecule has 0 aliphatic carbocycles. The molecule has 0 fully saturated rings. The average molecular weight is 474 g/mol. The lowest BCUT2D eigenvalue weighted by atomic mass is 9.73. The molecule has 3 N–H and O–H groups in total. The third-order valence-electron chi connectivity index (χ3n) is 6.86. The van der Waals surface area contributed by atoms with Crippen LogP contribution in [-0.2, 0) is 19.1 Å². The predicted molar refractivity (Wildman–Crippen MR) is 131 cm³/mol. The zero-order valence-corrected chi connectivity index (χ0v) is 20.9. The van der Waals surface area contributed by atoms with Crippen LogP contribution in [0.1, 0.15) is 66.7 Å². The topological polar surface area (TPSA) is 113 Å². The number of rotatable bonds is 2. The number of carbonyl (C=O) groups excluding carboxylic acids is 3. The number of cyclic esters (lactones) is 1. The maximum atomic E-state index is 13.1. The van der Waals surface area contributed by atoms with E-state index in [0.717, 1.165) is 24.8 Å². The highest BCUT2D eigenvalue weighted by Crippen LogP contribution is 2.32. The molecular weight excluding hydrogens is 434 g/mol. The molecule has 1 aliphatic rings. The van der Waals surface area contributed by atoms with Gasteiger partial charge >= 0.3 is 5.97 Å². The molecule has 0 spiro atoms. The van der Waals surface area contributed by atoms with Gasteiger partial charge in [-0.1, -0.05) is 57.5 Å². The van der Waals surface area contributed by atoms with Gasteiger partial charge in [0.15, 0.2) is 6.10 Å². The maximum Gasteiger partial charge on any atom is 0.309 e. The van der Waals surface area contributed by atoms with Crippen LogP contribution < -0.4 is 5.32 Å². The fourth-order valence-electron chi connectivity index (χ4n) is 4.26. The molecule has 1 amide bonds. The van der Waals surface area contributed by atoms with Crippen molar-refractivity contribution in [1.29, 1.82) is 0 Å². The lowest BCUT2D eigenvalue weighted by Gasteiger charge is -2.34. The van der Waals surface area contributed by atoms with Crippen molar-refractivity contribution in [1.82, 2.24) is 0 Å². The fraction of sp³-hybridized carbons (Fsp3) is 0.593. The molecule has 0 aromatic heterocycles. The Hall–Kier alpha value is -2.51. The molecule has 0 radical (unpaired) electrons. The van der Waals surface area contributed by atoms with Crippen LogP contribution >= 0.6 is 0 Å². The van der Waals surface area contributed by atoms with Crippen LogP contribution in [0.15, 0.2) is 42.0 Å². The van der Waals surface area contributed by atoms with Crippen molar-refractivity contribution in [2.24, 2.45) is 17.3 Å². The van der Waals surface area contributed by atoms with Crippen LogP contribution in [0, 0.1) is 17.3 Å². The number of Topliss-reactive ketones (excluding diaryl/α,β-unsaturated/α-hetero) is 1. The van der Waals surface area contributed by atoms with Gasteiger partial charge in [-0.25, -0.2) is 0 Å². The van der Waals surface area contributed by atoms with E-state index in [-0.39, 0.29) is 18.1 Å². The number of ether oxygens (including phenoxy) is 1. The Kier molecular flexibility index (Phi) is 10.0. The first-order valence-electron chi connectivity index (χ1n) is 12.0. The van der Waals surface area contributed by atoms with Gasteiger partial charge in [-0.15, -0.1) is 0 Å². The van der Waals surface area contributed by atoms with Crippen molar-refractivity contribution < 1.29 is 29.3 Å². The Labute approximate surface area is 202 Å². The number of benzene rings is 1. The SMILES string of the molecule is C/C1=C/CC(C(=O)Nc2ccccc2)OC(=O)C[C@H](O)C(C)(C)C(=O)[C@H](C)[C@@H](O)[C@@H](C)CCC1. The Morgan fingerprint density at radius 3 is 2.41 bits per heavy atom. The molecule has 0 bridgehead atoms. The fourth-order valence-corrected chi connectivity index (χ4v) is 4.26. The van der Waals surface area contributed by atoms with E-state index in [1.165, 1.54) is 0 Å². The Bertz CT molecular complexity index is 878. The summed E-state index contributed by atoms with van der Waals surface area (Å²) in [6.45, 7) is 8.67. The summed E-state index contributed by atoms with van der Waals surface area (Å²) in [5.74, 6) is -2.32. The molecule has 7 nitrogen and oxygen atoms in total. The normalized spacial score (nSPS) is 31.1. The molecule has 0 saturated carbocycles. The molecule has 2 rings (SSSR count). The first kappa shape index (κ1) is 27.7. The number of allylic oxidation sites excluding steroid dienone is 1. The largest absolute Gasteiger partial charge is 0.452 e. The number of carbonyl (C=O) groups is 3. The lowest BCUT2D eigenvalue weighted by Crippen LogP contribution is -2.46. The summed E-state index contributed by atoms with van der Waals surface area (Å²) < 4.78 is 5.48. The van der Waals surface area contributed by atoms with E-state index in [1.807, 2.05) is 26.0 Å². The summed E-state index contributed by atoms with van der Waals surface area (Å²) in [6, 6.07) is 8.90. The number of aliphatic hydroxyl groups is 2. The number of hydrogen-bond donors (Lipinski definition) is 3. The molecule has 1 aromatic carbocycles. The standard InChI is InChI=1S/C27H39NO6/c1-17-10-9-11-18(2)24(31)19(3)25(32)27(4,5)22(29)16-23(30)34-21(15-14-17)26(33)28-20-12-7-6-8-13-20/h6-8,12-14,18-19,21-22,24,29,31H,9-11,15-16H2,1-5H3,(H,28,33)/b17-14-/t18-,19+,21?,22-,24-/m0/s1. The molecule has 34 heavy (non-hydrogen) atoms. The van der Waals surface area contributed by atoms with Crippen molar-refractivity contribution in [3.8, 4) is 0 Å². The van der Waals surface area contributed by atoms with Crippen LogP contribution in [0.25, 0.3) is 0 Å². The second-order valence-corrected chi connectivity index (χ2v) is 10.1. The van der Waals surface area contributed by atoms with Gasteiger partial charge < -0.3 is 20.3 Å². The highest BCUT2D eigenvalue weighted by Gasteiger charge is 2.42. The number of para-hydroxylation sites is 1. The van der Waals surface area contributed by atoms with Crippen LogP contribution in [-0.4, -0.2) is 46.2 Å². The van der Waals surface area contributed by atoms with Gasteiger partial charge in [0.2, 0.25) is 0 Å². The predicted octanol–water partition coefficient (Wildman–Crippen LogP) is 4.04. The zero-order valence-electron chi connectivity index (χ0n) is 20.9. The molecule has 188 valence electrons. The first-order chi connectivity index (χ1) is 15.9. The number of esters is 1. The number of nitrogens with one attached hydrogen (secondary N) is 1. The molecule has 1 aliphatic heterocycles. The Morgan fingerprint density at radius 1 is 1.12 bits per heavy atom. The summed E-state index contributed by atoms with van der Waals surface area (Å²) in [5.41, 5.74) is 0.367. The van der Waals surface area contributed by atoms with Gasteiger partial charge in [0, 0.05) is 18.0 Å². The van der Waals surface area contributed by atoms with Crippen molar-refractivity contribution >= 4 is 23.3 Å². The first-order valence-corrected chi connectivity index (χ1v) is 12.0. The minimum absolute atomic E-state index is 0.0954. The van der Waals surface area contributed by atoms with Gasteiger partial charge in [0.05, 0.1) is 24.0 Å². The monoisotopic (exact) mass is 473 g/mol. The van der Waals surface area contributed by atoms with Crippen molar-refractivity contribution in [3.05, 3.63) is 42.0 Å². The number of hydrogen-bond acceptors (Lipinski definition) is 6. The van der Waals surface area contributed by atoms with E-state index in [4.69, 9.17) is 4.74 Å². The summed E-state index contributed by atoms with van der Waals surface area (Å²) >= 11 is 0. The van der Waals surface area contributed by atoms with Crippen LogP contribution in [0.3, 0.4) is 0 Å². The van der Waals surface area contributed by atoms with E-state index in [1.54, 1.807) is 45.0 Å². The highest BCUT2D eigenvalue weighted by molar-refractivity contribution is 5.95. The minimum atomic E-state index is -1.32. The maximum absolute atomic E-state index is 13.1. The van der Waals surface area contributed by atoms with Crippen LogP contribution in [0.2, 0.25) is 0 Å². The van der Waals surface area contributed by atoms with Crippen molar-refractivity contribution in [3.63, 3.8) is 0 Å². The van der Waals surface area contributed by atoms with Gasteiger partial charge in [0.25, 0.3) is 5.91 Å². The van der Waals surface area contributed by atoms with E-state index in [2.05, 4.69) is 5.32 Å². The molecule has 7 heteroatoms. The zero-order chi connectivity index (χ0) is 25.5. The number of anilines is 1. The molecular formula is C27H39NO6. The van der Waals surface area contributed by atoms with Gasteiger partial charge in [0.1, 0.15) is 5.78 Å². The summed E-state index contributed by atoms with van der Waals surface area (Å²) in [5, 5.41) is 24.2. The molecule has 0 saturated heterocycles. The average Bonchev–Trinajstić information content (AvgIpc) is 2.79. The minimum Gasteiger partial charge on any atom is -0.452 e. The third-order valence-corrected chi connectivity index (χ3v) is 6.86.